The quantitative estimate of drug-likeness (QED) is 0.0243. The second kappa shape index (κ2) is 64.1. The van der Waals surface area contributed by atoms with Crippen LogP contribution in [0.15, 0.2) is 134 Å². The molecule has 0 aliphatic heterocycles. The van der Waals surface area contributed by atoms with Crippen molar-refractivity contribution in [2.45, 2.75) is 296 Å². The van der Waals surface area contributed by atoms with E-state index in [0.29, 0.717) is 17.4 Å². The molecular formula is C75H132N2O6P+. The molecule has 3 atom stereocenters. The Morgan fingerprint density at radius 1 is 0.417 bits per heavy atom. The Labute approximate surface area is 519 Å². The van der Waals surface area contributed by atoms with Gasteiger partial charge in [0.2, 0.25) is 5.91 Å². The van der Waals surface area contributed by atoms with Crippen LogP contribution in [0.1, 0.15) is 284 Å². The largest absolute Gasteiger partial charge is 0.472 e. The van der Waals surface area contributed by atoms with E-state index in [1.165, 1.54) is 154 Å². The molecule has 8 nitrogen and oxygen atoms in total. The summed E-state index contributed by atoms with van der Waals surface area (Å²) in [5.74, 6) is -0.201. The van der Waals surface area contributed by atoms with Gasteiger partial charge in [-0.05, 0) is 103 Å². The summed E-state index contributed by atoms with van der Waals surface area (Å²) < 4.78 is 23.8. The van der Waals surface area contributed by atoms with E-state index in [1.54, 1.807) is 6.08 Å². The average molecular weight is 1190 g/mol. The Kier molecular flexibility index (Phi) is 61.6. The van der Waals surface area contributed by atoms with Crippen molar-refractivity contribution in [2.24, 2.45) is 0 Å². The molecular weight excluding hydrogens is 1060 g/mol. The summed E-state index contributed by atoms with van der Waals surface area (Å²) in [4.78, 5) is 23.4. The van der Waals surface area contributed by atoms with Crippen molar-refractivity contribution in [2.75, 3.05) is 40.9 Å². The summed E-state index contributed by atoms with van der Waals surface area (Å²) >= 11 is 0. The number of allylic oxidation sites excluding steroid dienone is 21. The van der Waals surface area contributed by atoms with Crippen LogP contribution in [0.5, 0.6) is 0 Å². The van der Waals surface area contributed by atoms with Gasteiger partial charge in [0.1, 0.15) is 13.2 Å². The molecule has 0 aromatic rings. The van der Waals surface area contributed by atoms with Crippen LogP contribution in [0.4, 0.5) is 0 Å². The maximum absolute atomic E-state index is 13.0. The van der Waals surface area contributed by atoms with Crippen LogP contribution in [0.2, 0.25) is 0 Å². The molecule has 0 bridgehead atoms. The molecule has 0 spiro atoms. The van der Waals surface area contributed by atoms with Crippen LogP contribution in [-0.4, -0.2) is 73.4 Å². The van der Waals surface area contributed by atoms with Gasteiger partial charge in [-0.3, -0.25) is 13.8 Å². The van der Waals surface area contributed by atoms with Crippen molar-refractivity contribution in [3.63, 3.8) is 0 Å². The molecule has 1 amide bonds. The molecule has 0 aromatic heterocycles. The minimum atomic E-state index is -4.38. The molecule has 0 aliphatic rings. The van der Waals surface area contributed by atoms with Gasteiger partial charge in [0.15, 0.2) is 0 Å². The molecule has 0 fully saturated rings. The van der Waals surface area contributed by atoms with E-state index >= 15 is 0 Å². The molecule has 0 aliphatic carbocycles. The van der Waals surface area contributed by atoms with Crippen LogP contribution >= 0.6 is 7.82 Å². The van der Waals surface area contributed by atoms with E-state index in [9.17, 15) is 19.4 Å². The van der Waals surface area contributed by atoms with Crippen molar-refractivity contribution in [3.8, 4) is 0 Å². The van der Waals surface area contributed by atoms with Gasteiger partial charge in [-0.1, -0.05) is 308 Å². The highest BCUT2D eigenvalue weighted by molar-refractivity contribution is 7.47. The summed E-state index contributed by atoms with van der Waals surface area (Å²) in [7, 11) is 1.53. The first-order valence-corrected chi connectivity index (χ1v) is 36.1. The van der Waals surface area contributed by atoms with Crippen LogP contribution < -0.4 is 5.32 Å². The van der Waals surface area contributed by atoms with E-state index in [1.807, 2.05) is 27.2 Å². The van der Waals surface area contributed by atoms with Gasteiger partial charge in [-0.2, -0.15) is 0 Å². The zero-order valence-electron chi connectivity index (χ0n) is 55.1. The fraction of sp³-hybridized carbons (Fsp3) is 0.693. The van der Waals surface area contributed by atoms with Gasteiger partial charge in [-0.15, -0.1) is 0 Å². The van der Waals surface area contributed by atoms with E-state index in [-0.39, 0.29) is 19.1 Å². The number of hydrogen-bond acceptors (Lipinski definition) is 5. The van der Waals surface area contributed by atoms with Gasteiger partial charge in [0.25, 0.3) is 0 Å². The third-order valence-corrected chi connectivity index (χ3v) is 15.8. The Bertz CT molecular complexity index is 1830. The van der Waals surface area contributed by atoms with Crippen LogP contribution in [0.3, 0.4) is 0 Å². The average Bonchev–Trinajstić information content (AvgIpc) is 3.56. The third kappa shape index (κ3) is 66.2. The first-order chi connectivity index (χ1) is 41.0. The lowest BCUT2D eigenvalue weighted by Crippen LogP contribution is -2.45. The molecule has 0 saturated carbocycles. The lowest BCUT2D eigenvalue weighted by molar-refractivity contribution is -0.870. The number of nitrogens with zero attached hydrogens (tertiary/aromatic N) is 1. The van der Waals surface area contributed by atoms with Crippen molar-refractivity contribution >= 4 is 13.7 Å². The van der Waals surface area contributed by atoms with Crippen molar-refractivity contribution in [3.05, 3.63) is 134 Å². The van der Waals surface area contributed by atoms with Gasteiger partial charge >= 0.3 is 7.82 Å². The predicted octanol–water partition coefficient (Wildman–Crippen LogP) is 22.2. The second-order valence-electron chi connectivity index (χ2n) is 24.2. The number of rotatable bonds is 62. The van der Waals surface area contributed by atoms with Gasteiger partial charge in [-0.25, -0.2) is 4.57 Å². The first-order valence-electron chi connectivity index (χ1n) is 34.6. The molecule has 9 heteroatoms. The van der Waals surface area contributed by atoms with Crippen LogP contribution in [0, 0.1) is 0 Å². The summed E-state index contributed by atoms with van der Waals surface area (Å²) in [5, 5.41) is 14.0. The zero-order valence-corrected chi connectivity index (χ0v) is 56.0. The maximum atomic E-state index is 13.0. The Hall–Kier alpha value is -3.36. The SMILES string of the molecule is CC/C=C\C/C=C\C/C=C\C/C=C\C/C=C\C/C=C\C/C=C\C/C=C\C/C=C\CCCCCCCCCC(=O)NC(COP(=O)(O)OCC[N+](C)(C)C)C(O)/C=C/CC/C=C/CCCCCCCCCCCCCCCCCCCCCCC. The first kappa shape index (κ1) is 80.6. The van der Waals surface area contributed by atoms with Gasteiger partial charge in [0.05, 0.1) is 39.9 Å². The molecule has 3 N–H and O–H groups in total. The number of nitrogens with one attached hydrogen (secondary N) is 1. The number of hydrogen-bond donors (Lipinski definition) is 3. The van der Waals surface area contributed by atoms with Crippen molar-refractivity contribution in [1.29, 1.82) is 0 Å². The molecule has 0 rings (SSSR count). The molecule has 0 saturated heterocycles. The number of unbranched alkanes of at least 4 members (excludes halogenated alkanes) is 29. The van der Waals surface area contributed by atoms with E-state index in [2.05, 4.69) is 141 Å². The minimum absolute atomic E-state index is 0.0472. The van der Waals surface area contributed by atoms with E-state index < -0.39 is 20.0 Å². The number of carbonyl (C=O) groups is 1. The highest BCUT2D eigenvalue weighted by atomic mass is 31.2. The lowest BCUT2D eigenvalue weighted by Gasteiger charge is -2.25. The summed E-state index contributed by atoms with van der Waals surface area (Å²) in [5.41, 5.74) is 0. The topological polar surface area (TPSA) is 105 Å². The third-order valence-electron chi connectivity index (χ3n) is 14.9. The van der Waals surface area contributed by atoms with Crippen LogP contribution in [0.25, 0.3) is 0 Å². The second-order valence-corrected chi connectivity index (χ2v) is 25.6. The Morgan fingerprint density at radius 3 is 1.10 bits per heavy atom. The Balaban J connectivity index is 4.21. The molecule has 0 heterocycles. The summed E-state index contributed by atoms with van der Waals surface area (Å²) in [6.45, 7) is 4.68. The maximum Gasteiger partial charge on any atom is 0.472 e. The molecule has 0 radical (unpaired) electrons. The molecule has 84 heavy (non-hydrogen) atoms. The fourth-order valence-electron chi connectivity index (χ4n) is 9.52. The monoisotopic (exact) mass is 1190 g/mol. The van der Waals surface area contributed by atoms with Crippen LogP contribution in [-0.2, 0) is 18.4 Å². The fourth-order valence-corrected chi connectivity index (χ4v) is 10.3. The number of phosphoric acid groups is 1. The highest BCUT2D eigenvalue weighted by Gasteiger charge is 2.28. The number of carbonyl (C=O) groups excluding carboxylic acids is 1. The lowest BCUT2D eigenvalue weighted by atomic mass is 10.0. The van der Waals surface area contributed by atoms with Crippen molar-refractivity contribution < 1.29 is 32.9 Å². The number of likely N-dealkylation sites (N-methyl/N-ethyl adjacent to an activating group) is 1. The molecule has 3 unspecified atom stereocenters. The highest BCUT2D eigenvalue weighted by Crippen LogP contribution is 2.43. The normalized spacial score (nSPS) is 14.5. The van der Waals surface area contributed by atoms with Gasteiger partial charge < -0.3 is 19.8 Å². The van der Waals surface area contributed by atoms with Crippen molar-refractivity contribution in [1.82, 2.24) is 5.32 Å². The predicted molar refractivity (Wildman–Crippen MR) is 368 cm³/mol. The molecule has 482 valence electrons. The van der Waals surface area contributed by atoms with Gasteiger partial charge in [0, 0.05) is 6.42 Å². The number of aliphatic hydroxyl groups is 1. The number of quaternary nitrogens is 1. The van der Waals surface area contributed by atoms with E-state index in [0.717, 1.165) is 109 Å². The minimum Gasteiger partial charge on any atom is -0.387 e. The number of amides is 1. The number of phosphoric ester groups is 1. The Morgan fingerprint density at radius 2 is 0.726 bits per heavy atom. The van der Waals surface area contributed by atoms with E-state index in [4.69, 9.17) is 9.05 Å². The smallest absolute Gasteiger partial charge is 0.387 e. The summed E-state index contributed by atoms with van der Waals surface area (Å²) in [6, 6.07) is -0.881. The number of aliphatic hydroxyl groups excluding tert-OH is 1. The summed E-state index contributed by atoms with van der Waals surface area (Å²) in [6.07, 6.45) is 97.3. The molecule has 0 aromatic carbocycles. The standard InChI is InChI=1S/C75H131N2O6P/c1-6-8-10-12-14-16-18-20-22-24-26-28-30-32-34-35-36-37-38-39-40-41-43-45-47-49-51-53-55-57-59-61-63-65-67-69-75(79)76-73(72-83-84(80,81)82-71-70-77(3,4)5)74(78)68-66-64-62-60-58-56-54-52-50-48-46-44-42-33-31-29-27-25-23-21-19-17-15-13-11-9-7-2/h8,10,14,16,20,22,26,28,32,34,36-37,39-40,43,45,49,51,58,60,66,68,73-74,78H,6-7,9,11-13,15,17-19,21,23-25,27,29-31,33,35,38,41-42,44,46-48,50,52-57,59,61-65,67,69-72H2,1-5H3,(H-,76,79,80,81)/p+1/b10-8-,16-14-,22-20-,28-26-,34-32-,37-36-,40-39-,45-43-,51-49-,60-58+,68-66+. The zero-order chi connectivity index (χ0) is 61.2.